The van der Waals surface area contributed by atoms with Gasteiger partial charge in [0.25, 0.3) is 10.0 Å². The molecule has 0 aliphatic heterocycles. The minimum atomic E-state index is -3.98. The predicted octanol–water partition coefficient (Wildman–Crippen LogP) is 2.66. The number of ether oxygens (including phenoxy) is 1. The topological polar surface area (TPSA) is 117 Å². The van der Waals surface area contributed by atoms with E-state index in [-0.39, 0.29) is 21.9 Å². The Bertz CT molecular complexity index is 1370. The fourth-order valence-corrected chi connectivity index (χ4v) is 4.16. The molecule has 0 atom stereocenters. The standard InChI is InChI=1S/C20H23N7O3S/c1-20(2,3)14-6-7-21-16(8-14)27-12-15(11-24-27)31(28,29)25-17-18-13(10-23-26(18)4)9-22-19(17)30-5/h6-12,25H,1-5H3. The third-order valence-electron chi connectivity index (χ3n) is 4.88. The van der Waals surface area contributed by atoms with E-state index < -0.39 is 10.0 Å². The molecule has 0 aromatic carbocycles. The highest BCUT2D eigenvalue weighted by Crippen LogP contribution is 2.32. The number of rotatable bonds is 5. The van der Waals surface area contributed by atoms with Crippen LogP contribution in [0.4, 0.5) is 5.69 Å². The molecular weight excluding hydrogens is 418 g/mol. The van der Waals surface area contributed by atoms with E-state index in [0.717, 1.165) is 5.56 Å². The van der Waals surface area contributed by atoms with Crippen LogP contribution in [0.25, 0.3) is 16.7 Å². The van der Waals surface area contributed by atoms with Crippen molar-refractivity contribution in [3.8, 4) is 11.7 Å². The van der Waals surface area contributed by atoms with Gasteiger partial charge in [-0.25, -0.2) is 23.1 Å². The van der Waals surface area contributed by atoms with E-state index >= 15 is 0 Å². The van der Waals surface area contributed by atoms with Crippen molar-refractivity contribution < 1.29 is 13.2 Å². The first-order valence-electron chi connectivity index (χ1n) is 9.49. The van der Waals surface area contributed by atoms with Crippen LogP contribution in [0.5, 0.6) is 5.88 Å². The summed E-state index contributed by atoms with van der Waals surface area (Å²) in [6.45, 7) is 6.28. The summed E-state index contributed by atoms with van der Waals surface area (Å²) < 4.78 is 37.1. The maximum atomic E-state index is 13.1. The van der Waals surface area contributed by atoms with E-state index in [0.29, 0.717) is 16.7 Å². The van der Waals surface area contributed by atoms with Crippen LogP contribution in [0.15, 0.2) is 48.0 Å². The summed E-state index contributed by atoms with van der Waals surface area (Å²) >= 11 is 0. The van der Waals surface area contributed by atoms with Crippen molar-refractivity contribution >= 4 is 26.6 Å². The lowest BCUT2D eigenvalue weighted by Gasteiger charge is -2.19. The minimum Gasteiger partial charge on any atom is -0.479 e. The van der Waals surface area contributed by atoms with Crippen LogP contribution in [0, 0.1) is 0 Å². The normalized spacial score (nSPS) is 12.3. The lowest BCUT2D eigenvalue weighted by atomic mass is 9.88. The van der Waals surface area contributed by atoms with Gasteiger partial charge in [-0.3, -0.25) is 9.40 Å². The molecule has 10 nitrogen and oxygen atoms in total. The van der Waals surface area contributed by atoms with E-state index in [1.807, 2.05) is 12.1 Å². The number of hydrogen-bond donors (Lipinski definition) is 1. The number of pyridine rings is 2. The zero-order valence-electron chi connectivity index (χ0n) is 17.9. The summed E-state index contributed by atoms with van der Waals surface area (Å²) in [5.74, 6) is 0.675. The first-order chi connectivity index (χ1) is 14.6. The fraction of sp³-hybridized carbons (Fsp3) is 0.300. The summed E-state index contributed by atoms with van der Waals surface area (Å²) in [5.41, 5.74) is 1.75. The lowest BCUT2D eigenvalue weighted by molar-refractivity contribution is 0.400. The van der Waals surface area contributed by atoms with E-state index in [9.17, 15) is 8.42 Å². The number of anilines is 1. The van der Waals surface area contributed by atoms with Gasteiger partial charge in [0.05, 0.1) is 31.2 Å². The molecule has 0 radical (unpaired) electrons. The molecule has 0 spiro atoms. The van der Waals surface area contributed by atoms with Crippen LogP contribution in [0.2, 0.25) is 0 Å². The van der Waals surface area contributed by atoms with Crippen LogP contribution in [0.3, 0.4) is 0 Å². The number of aromatic nitrogens is 6. The number of sulfonamides is 1. The Balaban J connectivity index is 1.72. The molecule has 11 heteroatoms. The summed E-state index contributed by atoms with van der Waals surface area (Å²) in [4.78, 5) is 8.47. The van der Waals surface area contributed by atoms with Gasteiger partial charge in [0, 0.05) is 24.8 Å². The first kappa shape index (κ1) is 20.8. The van der Waals surface area contributed by atoms with Gasteiger partial charge >= 0.3 is 0 Å². The number of nitrogens with zero attached hydrogens (tertiary/aromatic N) is 6. The Kier molecular flexibility index (Phi) is 4.92. The summed E-state index contributed by atoms with van der Waals surface area (Å²) in [6, 6.07) is 3.82. The summed E-state index contributed by atoms with van der Waals surface area (Å²) in [5, 5.41) is 9.05. The molecule has 0 aliphatic rings. The Labute approximate surface area is 179 Å². The van der Waals surface area contributed by atoms with Gasteiger partial charge in [-0.2, -0.15) is 10.2 Å². The van der Waals surface area contributed by atoms with Crippen LogP contribution < -0.4 is 9.46 Å². The van der Waals surface area contributed by atoms with Crippen molar-refractivity contribution in [1.82, 2.24) is 29.5 Å². The zero-order chi connectivity index (χ0) is 22.4. The minimum absolute atomic E-state index is 0.0170. The van der Waals surface area contributed by atoms with E-state index in [1.54, 1.807) is 30.3 Å². The van der Waals surface area contributed by atoms with Crippen molar-refractivity contribution in [3.63, 3.8) is 0 Å². The molecule has 0 aliphatic carbocycles. The smallest absolute Gasteiger partial charge is 0.265 e. The maximum Gasteiger partial charge on any atom is 0.265 e. The number of nitrogens with one attached hydrogen (secondary N) is 1. The van der Waals surface area contributed by atoms with E-state index in [2.05, 4.69) is 45.7 Å². The molecule has 0 fully saturated rings. The molecule has 0 unspecified atom stereocenters. The number of fused-ring (bicyclic) bond motifs is 1. The maximum absolute atomic E-state index is 13.1. The highest BCUT2D eigenvalue weighted by Gasteiger charge is 2.23. The van der Waals surface area contributed by atoms with Crippen molar-refractivity contribution in [2.45, 2.75) is 31.1 Å². The average molecular weight is 442 g/mol. The highest BCUT2D eigenvalue weighted by molar-refractivity contribution is 7.92. The number of hydrogen-bond acceptors (Lipinski definition) is 7. The molecule has 4 rings (SSSR count). The van der Waals surface area contributed by atoms with E-state index in [4.69, 9.17) is 4.74 Å². The van der Waals surface area contributed by atoms with Gasteiger partial charge in [0.1, 0.15) is 10.6 Å². The molecule has 0 bridgehead atoms. The molecule has 0 saturated carbocycles. The van der Waals surface area contributed by atoms with Crippen LogP contribution in [-0.4, -0.2) is 45.1 Å². The quantitative estimate of drug-likeness (QED) is 0.506. The summed E-state index contributed by atoms with van der Waals surface area (Å²) in [7, 11) is -0.841. The molecule has 0 saturated heterocycles. The Morgan fingerprint density at radius 2 is 1.87 bits per heavy atom. The Morgan fingerprint density at radius 1 is 1.10 bits per heavy atom. The van der Waals surface area contributed by atoms with Gasteiger partial charge in [-0.1, -0.05) is 20.8 Å². The molecule has 0 amide bonds. The highest BCUT2D eigenvalue weighted by atomic mass is 32.2. The lowest BCUT2D eigenvalue weighted by Crippen LogP contribution is -2.15. The van der Waals surface area contributed by atoms with Gasteiger partial charge in [0.2, 0.25) is 5.88 Å². The average Bonchev–Trinajstić information content (AvgIpc) is 3.36. The molecule has 31 heavy (non-hydrogen) atoms. The second-order valence-electron chi connectivity index (χ2n) is 8.09. The van der Waals surface area contributed by atoms with Crippen molar-refractivity contribution in [3.05, 3.63) is 48.7 Å². The first-order valence-corrected chi connectivity index (χ1v) is 11.0. The largest absolute Gasteiger partial charge is 0.479 e. The van der Waals surface area contributed by atoms with Crippen molar-refractivity contribution in [1.29, 1.82) is 0 Å². The predicted molar refractivity (Wildman–Crippen MR) is 116 cm³/mol. The molecular formula is C20H23N7O3S. The third kappa shape index (κ3) is 3.83. The molecule has 4 heterocycles. The van der Waals surface area contributed by atoms with Gasteiger partial charge in [-0.05, 0) is 23.1 Å². The third-order valence-corrected chi connectivity index (χ3v) is 6.19. The van der Waals surface area contributed by atoms with Gasteiger partial charge < -0.3 is 4.74 Å². The second kappa shape index (κ2) is 7.34. The number of aryl methyl sites for hydroxylation is 1. The summed E-state index contributed by atoms with van der Waals surface area (Å²) in [6.07, 6.45) is 7.55. The molecule has 4 aromatic heterocycles. The fourth-order valence-electron chi connectivity index (χ4n) is 3.17. The molecule has 162 valence electrons. The van der Waals surface area contributed by atoms with Crippen molar-refractivity contribution in [2.24, 2.45) is 7.05 Å². The van der Waals surface area contributed by atoms with Gasteiger partial charge in [-0.15, -0.1) is 0 Å². The Morgan fingerprint density at radius 3 is 2.58 bits per heavy atom. The molecule has 4 aromatic rings. The zero-order valence-corrected chi connectivity index (χ0v) is 18.7. The van der Waals surface area contributed by atoms with E-state index in [1.165, 1.54) is 24.2 Å². The van der Waals surface area contributed by atoms with Gasteiger partial charge in [0.15, 0.2) is 5.82 Å². The van der Waals surface area contributed by atoms with Crippen molar-refractivity contribution in [2.75, 3.05) is 11.8 Å². The second-order valence-corrected chi connectivity index (χ2v) is 9.78. The van der Waals surface area contributed by atoms with Crippen LogP contribution in [0.1, 0.15) is 26.3 Å². The van der Waals surface area contributed by atoms with Crippen LogP contribution in [-0.2, 0) is 22.5 Å². The number of methoxy groups -OCH3 is 1. The SMILES string of the molecule is COc1ncc2cnn(C)c2c1NS(=O)(=O)c1cnn(-c2cc(C(C)(C)C)ccn2)c1. The Hall–Kier alpha value is -3.47. The van der Waals surface area contributed by atoms with Crippen LogP contribution >= 0.6 is 0 Å². The monoisotopic (exact) mass is 441 g/mol. The molecule has 1 N–H and O–H groups in total.